The Morgan fingerprint density at radius 2 is 1.63 bits per heavy atom. The van der Waals surface area contributed by atoms with Crippen LogP contribution in [-0.4, -0.2) is 36.1 Å². The number of aliphatic hydroxyl groups is 1. The summed E-state index contributed by atoms with van der Waals surface area (Å²) in [4.78, 5) is 4.58. The molecule has 0 radical (unpaired) electrons. The van der Waals surface area contributed by atoms with Crippen LogP contribution in [0.5, 0.6) is 0 Å². The summed E-state index contributed by atoms with van der Waals surface area (Å²) < 4.78 is 25.9. The van der Waals surface area contributed by atoms with Crippen molar-refractivity contribution in [3.05, 3.63) is 102 Å². The Morgan fingerprint density at radius 3 is 2.23 bits per heavy atom. The molecule has 0 amide bonds. The number of aryl methyl sites for hydroxylation is 1. The van der Waals surface area contributed by atoms with Gasteiger partial charge in [-0.05, 0) is 37.1 Å². The smallest absolute Gasteiger partial charge is 0.253 e. The molecule has 0 saturated carbocycles. The second-order valence-corrected chi connectivity index (χ2v) is 11.0. The standard InChI is InChI=1S/C27H30N4O3S/c1-21-13-15-24(16-14-21)35(33,34)30-29-27(19-28)17-25(23-11-7-4-8-12-23)31(20-26(27,2)32)18-22-9-5-3-6-10-22/h3-16,25,29-30,32H,17-18,20H2,1-2H3/t25-,26-,27-/m1/s1. The predicted molar refractivity (Wildman–Crippen MR) is 134 cm³/mol. The second-order valence-electron chi connectivity index (χ2n) is 9.36. The highest BCUT2D eigenvalue weighted by atomic mass is 32.2. The molecule has 8 heteroatoms. The van der Waals surface area contributed by atoms with Crippen LogP contribution < -0.4 is 10.3 Å². The summed E-state index contributed by atoms with van der Waals surface area (Å²) >= 11 is 0. The van der Waals surface area contributed by atoms with E-state index in [1.807, 2.05) is 67.6 Å². The average Bonchev–Trinajstić information content (AvgIpc) is 2.85. The van der Waals surface area contributed by atoms with E-state index in [4.69, 9.17) is 0 Å². The van der Waals surface area contributed by atoms with Crippen molar-refractivity contribution in [3.63, 3.8) is 0 Å². The van der Waals surface area contributed by atoms with Gasteiger partial charge in [-0.2, -0.15) is 5.26 Å². The summed E-state index contributed by atoms with van der Waals surface area (Å²) in [6.07, 6.45) is 0.170. The maximum atomic E-state index is 12.9. The summed E-state index contributed by atoms with van der Waals surface area (Å²) in [6, 6.07) is 28.1. The lowest BCUT2D eigenvalue weighted by molar-refractivity contribution is -0.0972. The molecule has 0 bridgehead atoms. The van der Waals surface area contributed by atoms with E-state index in [0.717, 1.165) is 16.7 Å². The number of nitrogens with zero attached hydrogens (tertiary/aromatic N) is 2. The first kappa shape index (κ1) is 25.0. The largest absolute Gasteiger partial charge is 0.386 e. The zero-order valence-corrected chi connectivity index (χ0v) is 20.7. The van der Waals surface area contributed by atoms with E-state index < -0.39 is 21.2 Å². The zero-order chi connectivity index (χ0) is 25.1. The molecule has 3 aromatic carbocycles. The molecule has 3 N–H and O–H groups in total. The third kappa shape index (κ3) is 5.30. The van der Waals surface area contributed by atoms with Crippen molar-refractivity contribution in [2.45, 2.75) is 48.9 Å². The second kappa shape index (κ2) is 9.90. The molecular weight excluding hydrogens is 460 g/mol. The van der Waals surface area contributed by atoms with Crippen LogP contribution in [0.25, 0.3) is 0 Å². The predicted octanol–water partition coefficient (Wildman–Crippen LogP) is 3.44. The minimum Gasteiger partial charge on any atom is -0.386 e. The molecule has 1 aliphatic rings. The summed E-state index contributed by atoms with van der Waals surface area (Å²) in [5.41, 5.74) is 2.62. The van der Waals surface area contributed by atoms with Gasteiger partial charge < -0.3 is 5.11 Å². The molecule has 1 fully saturated rings. The van der Waals surface area contributed by atoms with E-state index in [2.05, 4.69) is 21.2 Å². The average molecular weight is 491 g/mol. The van der Waals surface area contributed by atoms with E-state index in [9.17, 15) is 18.8 Å². The Labute approximate surface area is 207 Å². The van der Waals surface area contributed by atoms with Crippen LogP contribution in [0.15, 0.2) is 89.8 Å². The van der Waals surface area contributed by atoms with Crippen molar-refractivity contribution in [1.82, 2.24) is 15.2 Å². The highest BCUT2D eigenvalue weighted by molar-refractivity contribution is 7.89. The lowest BCUT2D eigenvalue weighted by atomic mass is 9.72. The number of hydrazine groups is 1. The van der Waals surface area contributed by atoms with Crippen molar-refractivity contribution in [1.29, 1.82) is 5.26 Å². The van der Waals surface area contributed by atoms with E-state index in [1.165, 1.54) is 12.1 Å². The number of rotatable bonds is 7. The molecule has 4 rings (SSSR count). The third-order valence-electron chi connectivity index (χ3n) is 6.70. The number of sulfonamides is 1. The SMILES string of the molecule is Cc1ccc(S(=O)(=O)NN[C@@]2(C#N)C[C@H](c3ccccc3)N(Cc3ccccc3)C[C@@]2(C)O)cc1. The first-order chi connectivity index (χ1) is 16.7. The lowest BCUT2D eigenvalue weighted by Crippen LogP contribution is -2.72. The number of nitrogens with one attached hydrogen (secondary N) is 2. The molecule has 0 aliphatic carbocycles. The van der Waals surface area contributed by atoms with Gasteiger partial charge in [0.05, 0.1) is 11.0 Å². The molecule has 3 atom stereocenters. The third-order valence-corrected chi connectivity index (χ3v) is 7.97. The Morgan fingerprint density at radius 1 is 1.03 bits per heavy atom. The summed E-state index contributed by atoms with van der Waals surface area (Å²) in [6.45, 7) is 4.18. The number of piperidine rings is 1. The van der Waals surface area contributed by atoms with Gasteiger partial charge in [-0.1, -0.05) is 78.4 Å². The van der Waals surface area contributed by atoms with Gasteiger partial charge in [-0.3, -0.25) is 4.90 Å². The first-order valence-electron chi connectivity index (χ1n) is 11.5. The molecule has 0 unspecified atom stereocenters. The molecule has 1 heterocycles. The number of hydrogen-bond donors (Lipinski definition) is 3. The van der Waals surface area contributed by atoms with Crippen molar-refractivity contribution >= 4 is 10.0 Å². The summed E-state index contributed by atoms with van der Waals surface area (Å²) in [5.74, 6) is 0. The van der Waals surface area contributed by atoms with Crippen molar-refractivity contribution in [2.24, 2.45) is 0 Å². The number of hydrogen-bond acceptors (Lipinski definition) is 6. The van der Waals surface area contributed by atoms with E-state index >= 15 is 0 Å². The van der Waals surface area contributed by atoms with Crippen molar-refractivity contribution in [3.8, 4) is 6.07 Å². The van der Waals surface area contributed by atoms with Gasteiger partial charge in [0.15, 0.2) is 5.54 Å². The Bertz CT molecular complexity index is 1290. The molecule has 7 nitrogen and oxygen atoms in total. The number of likely N-dealkylation sites (tertiary alicyclic amines) is 1. The molecular formula is C27H30N4O3S. The van der Waals surface area contributed by atoms with Crippen LogP contribution in [0.2, 0.25) is 0 Å². The minimum absolute atomic E-state index is 0.0736. The van der Waals surface area contributed by atoms with Crippen LogP contribution in [-0.2, 0) is 16.6 Å². The van der Waals surface area contributed by atoms with Gasteiger partial charge in [0.25, 0.3) is 10.0 Å². The van der Waals surface area contributed by atoms with Gasteiger partial charge in [0, 0.05) is 25.6 Å². The maximum Gasteiger partial charge on any atom is 0.253 e. The van der Waals surface area contributed by atoms with Crippen LogP contribution >= 0.6 is 0 Å². The lowest BCUT2D eigenvalue weighted by Gasteiger charge is -2.52. The fourth-order valence-corrected chi connectivity index (χ4v) is 5.50. The number of benzene rings is 3. The van der Waals surface area contributed by atoms with Crippen LogP contribution in [0.1, 0.15) is 36.1 Å². The summed E-state index contributed by atoms with van der Waals surface area (Å²) in [5, 5.41) is 21.8. The summed E-state index contributed by atoms with van der Waals surface area (Å²) in [7, 11) is -3.96. The van der Waals surface area contributed by atoms with E-state index in [0.29, 0.717) is 6.54 Å². The quantitative estimate of drug-likeness (QED) is 0.438. The number of β-amino-alcohol motifs (C(OH)–C–C–N with tert-alkyl or cyclic N) is 1. The molecule has 35 heavy (non-hydrogen) atoms. The normalized spacial score (nSPS) is 25.1. The van der Waals surface area contributed by atoms with Gasteiger partial charge in [0.2, 0.25) is 0 Å². The maximum absolute atomic E-state index is 12.9. The highest BCUT2D eigenvalue weighted by Gasteiger charge is 2.55. The van der Waals surface area contributed by atoms with Gasteiger partial charge in [0.1, 0.15) is 5.60 Å². The van der Waals surface area contributed by atoms with Crippen molar-refractivity contribution in [2.75, 3.05) is 6.54 Å². The fraction of sp³-hybridized carbons (Fsp3) is 0.296. The number of nitriles is 1. The molecule has 0 aromatic heterocycles. The van der Waals surface area contributed by atoms with Gasteiger partial charge in [-0.25, -0.2) is 13.8 Å². The Hall–Kier alpha value is -3.06. The molecule has 0 spiro atoms. The van der Waals surface area contributed by atoms with Crippen LogP contribution in [0.4, 0.5) is 0 Å². The topological polar surface area (TPSA) is 105 Å². The first-order valence-corrected chi connectivity index (χ1v) is 13.0. The Kier molecular flexibility index (Phi) is 7.08. The van der Waals surface area contributed by atoms with Gasteiger partial charge >= 0.3 is 0 Å². The Balaban J connectivity index is 1.65. The van der Waals surface area contributed by atoms with E-state index in [1.54, 1.807) is 19.1 Å². The highest BCUT2D eigenvalue weighted by Crippen LogP contribution is 2.42. The molecule has 182 valence electrons. The minimum atomic E-state index is -3.96. The fourth-order valence-electron chi connectivity index (χ4n) is 4.58. The van der Waals surface area contributed by atoms with Crippen molar-refractivity contribution < 1.29 is 13.5 Å². The van der Waals surface area contributed by atoms with Gasteiger partial charge in [-0.15, -0.1) is 4.83 Å². The van der Waals surface area contributed by atoms with Crippen LogP contribution in [0.3, 0.4) is 0 Å². The monoisotopic (exact) mass is 490 g/mol. The molecule has 1 aliphatic heterocycles. The molecule has 1 saturated heterocycles. The molecule has 3 aromatic rings. The van der Waals surface area contributed by atoms with Crippen LogP contribution in [0, 0.1) is 18.3 Å². The zero-order valence-electron chi connectivity index (χ0n) is 19.8. The van der Waals surface area contributed by atoms with E-state index in [-0.39, 0.29) is 23.9 Å².